The Morgan fingerprint density at radius 3 is 2.44 bits per heavy atom. The van der Waals surface area contributed by atoms with Gasteiger partial charge in [0.25, 0.3) is 0 Å². The summed E-state index contributed by atoms with van der Waals surface area (Å²) in [7, 11) is -3.98. The lowest BCUT2D eigenvalue weighted by Crippen LogP contribution is -2.34. The van der Waals surface area contributed by atoms with E-state index in [2.05, 4.69) is 0 Å². The third kappa shape index (κ3) is 4.17. The van der Waals surface area contributed by atoms with E-state index in [9.17, 15) is 22.0 Å². The molecule has 0 spiro atoms. The van der Waals surface area contributed by atoms with E-state index in [1.54, 1.807) is 12.1 Å². The number of halogens is 2. The third-order valence-electron chi connectivity index (χ3n) is 4.78. The zero-order chi connectivity index (χ0) is 19.6. The molecule has 1 atom stereocenters. The van der Waals surface area contributed by atoms with Gasteiger partial charge in [-0.25, -0.2) is 22.0 Å². The molecule has 0 amide bonds. The molecule has 0 radical (unpaired) electrons. The van der Waals surface area contributed by atoms with Crippen LogP contribution in [0, 0.1) is 11.6 Å². The Labute approximate surface area is 156 Å². The molecule has 1 N–H and O–H groups in total. The molecular weight excluding hydrogens is 376 g/mol. The lowest BCUT2D eigenvalue weighted by atomic mass is 9.95. The van der Waals surface area contributed by atoms with E-state index < -0.39 is 27.4 Å². The smallest absolute Gasteiger partial charge is 0.338 e. The quantitative estimate of drug-likeness (QED) is 0.858. The van der Waals surface area contributed by atoms with Gasteiger partial charge in [0.15, 0.2) is 0 Å². The van der Waals surface area contributed by atoms with Crippen LogP contribution >= 0.6 is 0 Å². The number of hydrogen-bond donors (Lipinski definition) is 1. The highest BCUT2D eigenvalue weighted by atomic mass is 32.2. The highest BCUT2D eigenvalue weighted by Crippen LogP contribution is 2.30. The number of carbonyl (C=O) groups is 1. The molecule has 0 saturated carbocycles. The number of nitrogens with zero attached hydrogens (tertiary/aromatic N) is 1. The van der Waals surface area contributed by atoms with Crippen LogP contribution in [-0.2, 0) is 10.0 Å². The molecule has 0 bridgehead atoms. The van der Waals surface area contributed by atoms with E-state index in [1.807, 2.05) is 0 Å². The van der Waals surface area contributed by atoms with E-state index in [-0.39, 0.29) is 23.2 Å². The molecule has 1 saturated heterocycles. The van der Waals surface area contributed by atoms with Crippen molar-refractivity contribution in [3.63, 3.8) is 0 Å². The number of aromatic carboxylic acids is 1. The molecule has 1 unspecified atom stereocenters. The van der Waals surface area contributed by atoms with Crippen LogP contribution in [0.25, 0.3) is 0 Å². The maximum Gasteiger partial charge on any atom is 0.338 e. The normalized spacial score (nSPS) is 18.8. The molecule has 5 nitrogen and oxygen atoms in total. The average molecular weight is 395 g/mol. The molecule has 1 fully saturated rings. The Balaban J connectivity index is 1.92. The van der Waals surface area contributed by atoms with Gasteiger partial charge in [-0.3, -0.25) is 0 Å². The van der Waals surface area contributed by atoms with Crippen molar-refractivity contribution in [1.29, 1.82) is 0 Å². The molecule has 1 aliphatic rings. The standard InChI is InChI=1S/C19H19F2NO4S/c20-15-6-4-13(5-7-15)14-3-1-2-10-22(12-14)27(25,26)16-8-9-18(21)17(11-16)19(23)24/h4-9,11,14H,1-3,10,12H2,(H,23,24). The number of rotatable bonds is 4. The predicted octanol–water partition coefficient (Wildman–Crippen LogP) is 3.62. The molecular formula is C19H19F2NO4S. The van der Waals surface area contributed by atoms with Gasteiger partial charge < -0.3 is 5.11 Å². The van der Waals surface area contributed by atoms with Gasteiger partial charge in [-0.15, -0.1) is 0 Å². The molecule has 8 heteroatoms. The summed E-state index contributed by atoms with van der Waals surface area (Å²) < 4.78 is 54.1. The van der Waals surface area contributed by atoms with Crippen LogP contribution in [0.4, 0.5) is 8.78 Å². The summed E-state index contributed by atoms with van der Waals surface area (Å²) in [6.07, 6.45) is 2.24. The SMILES string of the molecule is O=C(O)c1cc(S(=O)(=O)N2CCCCC(c3ccc(F)cc3)C2)ccc1F. The first kappa shape index (κ1) is 19.4. The zero-order valence-electron chi connectivity index (χ0n) is 14.4. The van der Waals surface area contributed by atoms with Gasteiger partial charge in [-0.05, 0) is 54.7 Å². The van der Waals surface area contributed by atoms with Gasteiger partial charge in [0.05, 0.1) is 10.5 Å². The maximum absolute atomic E-state index is 13.6. The van der Waals surface area contributed by atoms with E-state index in [1.165, 1.54) is 16.4 Å². The number of carboxylic acid groups (broad SMARTS) is 1. The van der Waals surface area contributed by atoms with Gasteiger partial charge >= 0.3 is 5.97 Å². The molecule has 2 aromatic carbocycles. The van der Waals surface area contributed by atoms with E-state index in [0.29, 0.717) is 13.0 Å². The van der Waals surface area contributed by atoms with Gasteiger partial charge in [0.1, 0.15) is 11.6 Å². The summed E-state index contributed by atoms with van der Waals surface area (Å²) in [5.74, 6) is -2.96. The molecule has 2 aromatic rings. The van der Waals surface area contributed by atoms with Crippen molar-refractivity contribution in [2.45, 2.75) is 30.1 Å². The first-order chi connectivity index (χ1) is 12.8. The average Bonchev–Trinajstić information content (AvgIpc) is 2.89. The molecule has 27 heavy (non-hydrogen) atoms. The number of benzene rings is 2. The van der Waals surface area contributed by atoms with Gasteiger partial charge in [-0.1, -0.05) is 18.6 Å². The summed E-state index contributed by atoms with van der Waals surface area (Å²) in [4.78, 5) is 10.9. The van der Waals surface area contributed by atoms with E-state index in [0.717, 1.165) is 36.6 Å². The predicted molar refractivity (Wildman–Crippen MR) is 95.1 cm³/mol. The second-order valence-electron chi connectivity index (χ2n) is 6.55. The lowest BCUT2D eigenvalue weighted by molar-refractivity contribution is 0.0691. The van der Waals surface area contributed by atoms with Gasteiger partial charge in [-0.2, -0.15) is 4.31 Å². The van der Waals surface area contributed by atoms with Crippen molar-refractivity contribution >= 4 is 16.0 Å². The Morgan fingerprint density at radius 1 is 1.07 bits per heavy atom. The minimum Gasteiger partial charge on any atom is -0.478 e. The van der Waals surface area contributed by atoms with Gasteiger partial charge in [0.2, 0.25) is 10.0 Å². The van der Waals surface area contributed by atoms with Crippen LogP contribution in [0.1, 0.15) is 41.1 Å². The van der Waals surface area contributed by atoms with Crippen molar-refractivity contribution in [3.8, 4) is 0 Å². The molecule has 144 valence electrons. The summed E-state index contributed by atoms with van der Waals surface area (Å²) in [5, 5.41) is 9.05. The minimum atomic E-state index is -3.98. The maximum atomic E-state index is 13.6. The minimum absolute atomic E-state index is 0.0951. The van der Waals surface area contributed by atoms with Crippen LogP contribution in [0.5, 0.6) is 0 Å². The number of sulfonamides is 1. The first-order valence-electron chi connectivity index (χ1n) is 8.57. The van der Waals surface area contributed by atoms with Crippen molar-refractivity contribution < 1.29 is 27.1 Å². The Hall–Kier alpha value is -2.32. The topological polar surface area (TPSA) is 74.7 Å². The number of hydrogen-bond acceptors (Lipinski definition) is 3. The van der Waals surface area contributed by atoms with Crippen molar-refractivity contribution in [1.82, 2.24) is 4.31 Å². The molecule has 1 aliphatic heterocycles. The lowest BCUT2D eigenvalue weighted by Gasteiger charge is -2.24. The van der Waals surface area contributed by atoms with E-state index in [4.69, 9.17) is 5.11 Å². The monoisotopic (exact) mass is 395 g/mol. The van der Waals surface area contributed by atoms with Crippen molar-refractivity contribution in [2.24, 2.45) is 0 Å². The summed E-state index contributed by atoms with van der Waals surface area (Å²) in [5.41, 5.74) is 0.171. The Kier molecular flexibility index (Phi) is 5.57. The summed E-state index contributed by atoms with van der Waals surface area (Å²) in [6.45, 7) is 0.494. The van der Waals surface area contributed by atoms with Crippen LogP contribution in [0.15, 0.2) is 47.4 Å². The second kappa shape index (κ2) is 7.74. The highest BCUT2D eigenvalue weighted by molar-refractivity contribution is 7.89. The zero-order valence-corrected chi connectivity index (χ0v) is 15.3. The van der Waals surface area contributed by atoms with Crippen molar-refractivity contribution in [2.75, 3.05) is 13.1 Å². The Morgan fingerprint density at radius 2 is 1.78 bits per heavy atom. The fraction of sp³-hybridized carbons (Fsp3) is 0.316. The van der Waals surface area contributed by atoms with Crippen LogP contribution in [-0.4, -0.2) is 36.9 Å². The molecule has 3 rings (SSSR count). The molecule has 1 heterocycles. The fourth-order valence-corrected chi connectivity index (χ4v) is 4.86. The number of carboxylic acids is 1. The fourth-order valence-electron chi connectivity index (χ4n) is 3.31. The molecule has 0 aromatic heterocycles. The summed E-state index contributed by atoms with van der Waals surface area (Å²) in [6, 6.07) is 8.77. The third-order valence-corrected chi connectivity index (χ3v) is 6.64. The van der Waals surface area contributed by atoms with Crippen LogP contribution < -0.4 is 0 Å². The first-order valence-corrected chi connectivity index (χ1v) is 10.0. The molecule has 0 aliphatic carbocycles. The van der Waals surface area contributed by atoms with Crippen molar-refractivity contribution in [3.05, 3.63) is 65.2 Å². The van der Waals surface area contributed by atoms with Gasteiger partial charge in [0, 0.05) is 13.1 Å². The van der Waals surface area contributed by atoms with E-state index >= 15 is 0 Å². The van der Waals surface area contributed by atoms with Crippen LogP contribution in [0.2, 0.25) is 0 Å². The largest absolute Gasteiger partial charge is 0.478 e. The Bertz CT molecular complexity index is 945. The van der Waals surface area contributed by atoms with Crippen LogP contribution in [0.3, 0.4) is 0 Å². The second-order valence-corrected chi connectivity index (χ2v) is 8.49. The highest BCUT2D eigenvalue weighted by Gasteiger charge is 2.30. The summed E-state index contributed by atoms with van der Waals surface area (Å²) >= 11 is 0.